The molecule has 0 spiro atoms. The van der Waals surface area contributed by atoms with Crippen LogP contribution in [0.1, 0.15) is 5.56 Å². The van der Waals surface area contributed by atoms with Crippen molar-refractivity contribution in [2.24, 2.45) is 0 Å². The summed E-state index contributed by atoms with van der Waals surface area (Å²) in [5.41, 5.74) is 1.28. The molecule has 1 aromatic heterocycles. The van der Waals surface area contributed by atoms with Gasteiger partial charge in [0.15, 0.2) is 0 Å². The first-order valence-corrected chi connectivity index (χ1v) is 10.9. The van der Waals surface area contributed by atoms with E-state index < -0.39 is 10.0 Å². The van der Waals surface area contributed by atoms with Crippen molar-refractivity contribution >= 4 is 62.1 Å². The van der Waals surface area contributed by atoms with Crippen LogP contribution in [0.4, 0.5) is 5.69 Å². The molecule has 2 aromatic rings. The summed E-state index contributed by atoms with van der Waals surface area (Å²) in [5, 5.41) is 1.42. The molecule has 0 unspecified atom stereocenters. The minimum absolute atomic E-state index is 0.162. The van der Waals surface area contributed by atoms with Crippen LogP contribution in [0.25, 0.3) is 0 Å². The molecule has 1 aromatic carbocycles. The van der Waals surface area contributed by atoms with Crippen molar-refractivity contribution in [3.8, 4) is 0 Å². The molecule has 1 saturated heterocycles. The minimum Gasteiger partial charge on any atom is -0.368 e. The molecule has 2 heterocycles. The largest absolute Gasteiger partial charge is 0.368 e. The van der Waals surface area contributed by atoms with E-state index in [1.807, 2.05) is 4.90 Å². The normalized spacial score (nSPS) is 16.1. The van der Waals surface area contributed by atoms with Gasteiger partial charge in [-0.15, -0.1) is 0 Å². The highest BCUT2D eigenvalue weighted by Crippen LogP contribution is 2.32. The lowest BCUT2D eigenvalue weighted by atomic mass is 10.2. The Balaban J connectivity index is 1.69. The van der Waals surface area contributed by atoms with Crippen LogP contribution >= 0.6 is 46.4 Å². The number of hydrogen-bond donors (Lipinski definition) is 0. The predicted octanol–water partition coefficient (Wildman–Crippen LogP) is 4.35. The van der Waals surface area contributed by atoms with Gasteiger partial charge in [0.2, 0.25) is 10.0 Å². The Morgan fingerprint density at radius 2 is 1.69 bits per heavy atom. The fourth-order valence-electron chi connectivity index (χ4n) is 2.79. The average molecular weight is 455 g/mol. The van der Waals surface area contributed by atoms with Gasteiger partial charge in [0.05, 0.1) is 11.4 Å². The Morgan fingerprint density at radius 1 is 1.00 bits per heavy atom. The first-order chi connectivity index (χ1) is 12.3. The first-order valence-electron chi connectivity index (χ1n) is 7.74. The van der Waals surface area contributed by atoms with E-state index in [1.165, 1.54) is 4.31 Å². The van der Waals surface area contributed by atoms with E-state index in [-0.39, 0.29) is 10.9 Å². The molecule has 26 heavy (non-hydrogen) atoms. The quantitative estimate of drug-likeness (QED) is 0.644. The van der Waals surface area contributed by atoms with Gasteiger partial charge in [-0.3, -0.25) is 0 Å². The van der Waals surface area contributed by atoms with Crippen molar-refractivity contribution in [3.05, 3.63) is 56.2 Å². The SMILES string of the molecule is O=S(=O)(Cc1ccc(Cl)cc1Cl)N1CCN(c2ccnc(Cl)c2Cl)CC1. The summed E-state index contributed by atoms with van der Waals surface area (Å²) in [6.45, 7) is 1.72. The third kappa shape index (κ3) is 4.38. The lowest BCUT2D eigenvalue weighted by Crippen LogP contribution is -2.49. The van der Waals surface area contributed by atoms with Gasteiger partial charge in [-0.2, -0.15) is 4.31 Å². The van der Waals surface area contributed by atoms with Crippen LogP contribution in [-0.2, 0) is 15.8 Å². The zero-order valence-corrected chi connectivity index (χ0v) is 17.3. The maximum Gasteiger partial charge on any atom is 0.218 e. The van der Waals surface area contributed by atoms with E-state index in [2.05, 4.69) is 4.98 Å². The monoisotopic (exact) mass is 453 g/mol. The zero-order chi connectivity index (χ0) is 18.9. The minimum atomic E-state index is -3.49. The van der Waals surface area contributed by atoms with Gasteiger partial charge in [0.1, 0.15) is 10.2 Å². The van der Waals surface area contributed by atoms with Gasteiger partial charge < -0.3 is 4.90 Å². The van der Waals surface area contributed by atoms with Crippen molar-refractivity contribution in [2.75, 3.05) is 31.1 Å². The molecular weight excluding hydrogens is 440 g/mol. The van der Waals surface area contributed by atoms with Gasteiger partial charge in [0, 0.05) is 42.4 Å². The number of sulfonamides is 1. The van der Waals surface area contributed by atoms with Crippen LogP contribution in [0.3, 0.4) is 0 Å². The van der Waals surface area contributed by atoms with Crippen LogP contribution in [0.15, 0.2) is 30.5 Å². The third-order valence-electron chi connectivity index (χ3n) is 4.15. The Bertz CT molecular complexity index is 916. The lowest BCUT2D eigenvalue weighted by molar-refractivity contribution is 0.384. The van der Waals surface area contributed by atoms with E-state index in [0.717, 1.165) is 5.69 Å². The van der Waals surface area contributed by atoms with Gasteiger partial charge in [-0.1, -0.05) is 52.5 Å². The molecular formula is C16H15Cl4N3O2S. The number of pyridine rings is 1. The molecule has 0 atom stereocenters. The number of halogens is 4. The van der Waals surface area contributed by atoms with Crippen LogP contribution in [-0.4, -0.2) is 43.9 Å². The van der Waals surface area contributed by atoms with Crippen molar-refractivity contribution in [3.63, 3.8) is 0 Å². The molecule has 10 heteroatoms. The maximum absolute atomic E-state index is 12.7. The number of aromatic nitrogens is 1. The van der Waals surface area contributed by atoms with Crippen molar-refractivity contribution in [1.29, 1.82) is 0 Å². The number of rotatable bonds is 4. The van der Waals surface area contributed by atoms with Gasteiger partial charge >= 0.3 is 0 Å². The highest BCUT2D eigenvalue weighted by atomic mass is 35.5. The van der Waals surface area contributed by atoms with Crippen LogP contribution in [0.2, 0.25) is 20.2 Å². The summed E-state index contributed by atoms with van der Waals surface area (Å²) in [7, 11) is -3.49. The van der Waals surface area contributed by atoms with E-state index in [1.54, 1.807) is 30.5 Å². The van der Waals surface area contributed by atoms with Crippen LogP contribution in [0, 0.1) is 0 Å². The van der Waals surface area contributed by atoms with Gasteiger partial charge in [0.25, 0.3) is 0 Å². The molecule has 0 aliphatic carbocycles. The molecule has 0 N–H and O–H groups in total. The third-order valence-corrected chi connectivity index (χ3v) is 7.32. The second kappa shape index (κ2) is 8.09. The average Bonchev–Trinajstić information content (AvgIpc) is 2.60. The molecule has 1 aliphatic heterocycles. The number of nitrogens with zero attached hydrogens (tertiary/aromatic N) is 3. The molecule has 1 fully saturated rings. The Kier molecular flexibility index (Phi) is 6.22. The van der Waals surface area contributed by atoms with Crippen molar-refractivity contribution in [2.45, 2.75) is 5.75 Å². The number of benzene rings is 1. The van der Waals surface area contributed by atoms with E-state index in [4.69, 9.17) is 46.4 Å². The molecule has 0 bridgehead atoms. The summed E-state index contributed by atoms with van der Waals surface area (Å²) in [6.07, 6.45) is 1.58. The van der Waals surface area contributed by atoms with Crippen molar-refractivity contribution < 1.29 is 8.42 Å². The van der Waals surface area contributed by atoms with E-state index >= 15 is 0 Å². The highest BCUT2D eigenvalue weighted by Gasteiger charge is 2.28. The summed E-state index contributed by atoms with van der Waals surface area (Å²) in [6, 6.07) is 6.58. The maximum atomic E-state index is 12.7. The molecule has 0 saturated carbocycles. The topological polar surface area (TPSA) is 53.5 Å². The number of piperazine rings is 1. The Labute approximate surface area is 172 Å². The summed E-state index contributed by atoms with van der Waals surface area (Å²) in [4.78, 5) is 5.93. The first kappa shape index (κ1) is 20.0. The zero-order valence-electron chi connectivity index (χ0n) is 13.5. The molecule has 1 aliphatic rings. The summed E-state index contributed by atoms with van der Waals surface area (Å²) in [5.74, 6) is -0.162. The molecule has 140 valence electrons. The molecule has 0 radical (unpaired) electrons. The molecule has 3 rings (SSSR count). The Morgan fingerprint density at radius 3 is 2.35 bits per heavy atom. The van der Waals surface area contributed by atoms with Crippen LogP contribution in [0.5, 0.6) is 0 Å². The molecule has 5 nitrogen and oxygen atoms in total. The highest BCUT2D eigenvalue weighted by molar-refractivity contribution is 7.88. The van der Waals surface area contributed by atoms with Gasteiger partial charge in [-0.25, -0.2) is 13.4 Å². The standard InChI is InChI=1S/C16H15Cl4N3O2S/c17-12-2-1-11(13(18)9-12)10-26(24,25)23-7-5-22(6-8-23)14-3-4-21-16(20)15(14)19/h1-4,9H,5-8,10H2. The van der Waals surface area contributed by atoms with E-state index in [0.29, 0.717) is 46.8 Å². The fraction of sp³-hybridized carbons (Fsp3) is 0.312. The molecule has 0 amide bonds. The predicted molar refractivity (Wildman–Crippen MR) is 107 cm³/mol. The summed E-state index contributed by atoms with van der Waals surface area (Å²) < 4.78 is 26.9. The van der Waals surface area contributed by atoms with Crippen LogP contribution < -0.4 is 4.90 Å². The number of anilines is 1. The van der Waals surface area contributed by atoms with Crippen molar-refractivity contribution in [1.82, 2.24) is 9.29 Å². The lowest BCUT2D eigenvalue weighted by Gasteiger charge is -2.35. The van der Waals surface area contributed by atoms with E-state index in [9.17, 15) is 8.42 Å². The second-order valence-corrected chi connectivity index (χ2v) is 9.36. The fourth-order valence-corrected chi connectivity index (χ4v) is 5.27. The summed E-state index contributed by atoms with van der Waals surface area (Å²) >= 11 is 24.1. The van der Waals surface area contributed by atoms with Gasteiger partial charge in [-0.05, 0) is 23.8 Å². The number of hydrogen-bond acceptors (Lipinski definition) is 4. The smallest absolute Gasteiger partial charge is 0.218 e. The second-order valence-electron chi connectivity index (χ2n) is 5.81. The Hall–Kier alpha value is -0.760.